The van der Waals surface area contributed by atoms with E-state index < -0.39 is 0 Å². The van der Waals surface area contributed by atoms with Gasteiger partial charge in [-0.1, -0.05) is 38.0 Å². The molecule has 0 N–H and O–H groups in total. The highest BCUT2D eigenvalue weighted by molar-refractivity contribution is 6.07. The minimum atomic E-state index is 0.191. The first kappa shape index (κ1) is 12.3. The lowest BCUT2D eigenvalue weighted by Gasteiger charge is -2.25. The van der Waals surface area contributed by atoms with Gasteiger partial charge < -0.3 is 0 Å². The molecular weight excluding hydrogens is 234 g/mol. The third-order valence-corrected chi connectivity index (χ3v) is 4.21. The van der Waals surface area contributed by atoms with Gasteiger partial charge in [-0.25, -0.2) is 0 Å². The van der Waals surface area contributed by atoms with Crippen molar-refractivity contribution in [3.05, 3.63) is 42.1 Å². The Bertz CT molecular complexity index is 600. The Morgan fingerprint density at radius 2 is 2.05 bits per heavy atom. The van der Waals surface area contributed by atoms with E-state index in [0.29, 0.717) is 5.92 Å². The first-order chi connectivity index (χ1) is 9.25. The molecule has 2 heteroatoms. The van der Waals surface area contributed by atoms with Gasteiger partial charge in [0.1, 0.15) is 0 Å². The van der Waals surface area contributed by atoms with E-state index in [4.69, 9.17) is 0 Å². The van der Waals surface area contributed by atoms with Gasteiger partial charge >= 0.3 is 0 Å². The molecule has 0 radical (unpaired) electrons. The number of ketones is 1. The summed E-state index contributed by atoms with van der Waals surface area (Å²) >= 11 is 0. The average Bonchev–Trinajstić information content (AvgIpc) is 2.46. The van der Waals surface area contributed by atoms with Crippen LogP contribution in [0.2, 0.25) is 0 Å². The molecular formula is C17H19NO. The van der Waals surface area contributed by atoms with Crippen LogP contribution in [-0.2, 0) is 0 Å². The topological polar surface area (TPSA) is 30.0 Å². The molecule has 19 heavy (non-hydrogen) atoms. The highest BCUT2D eigenvalue weighted by atomic mass is 16.1. The molecule has 1 heterocycles. The second-order valence-electron chi connectivity index (χ2n) is 5.71. The van der Waals surface area contributed by atoms with Crippen LogP contribution in [0.3, 0.4) is 0 Å². The van der Waals surface area contributed by atoms with Gasteiger partial charge in [-0.15, -0.1) is 0 Å². The first-order valence-corrected chi connectivity index (χ1v) is 7.13. The molecule has 1 aromatic heterocycles. The predicted molar refractivity (Wildman–Crippen MR) is 77.2 cm³/mol. The van der Waals surface area contributed by atoms with Crippen molar-refractivity contribution >= 4 is 16.7 Å². The third-order valence-electron chi connectivity index (χ3n) is 4.21. The summed E-state index contributed by atoms with van der Waals surface area (Å²) in [6, 6.07) is 9.84. The van der Waals surface area contributed by atoms with Crippen LogP contribution in [0.4, 0.5) is 0 Å². The Balaban J connectivity index is 1.97. The smallest absolute Gasteiger partial charge is 0.168 e. The minimum Gasteiger partial charge on any atom is -0.294 e. The summed E-state index contributed by atoms with van der Waals surface area (Å²) in [4.78, 5) is 17.1. The van der Waals surface area contributed by atoms with Crippen molar-refractivity contribution < 1.29 is 4.79 Å². The zero-order valence-corrected chi connectivity index (χ0v) is 11.3. The number of pyridine rings is 1. The number of hydrogen-bond acceptors (Lipinski definition) is 2. The second-order valence-corrected chi connectivity index (χ2v) is 5.71. The predicted octanol–water partition coefficient (Wildman–Crippen LogP) is 4.24. The fourth-order valence-corrected chi connectivity index (χ4v) is 3.20. The zero-order valence-electron chi connectivity index (χ0n) is 11.3. The van der Waals surface area contributed by atoms with Crippen LogP contribution in [0.25, 0.3) is 10.9 Å². The summed E-state index contributed by atoms with van der Waals surface area (Å²) in [5, 5.41) is 1.05. The van der Waals surface area contributed by atoms with Gasteiger partial charge in [-0.2, -0.15) is 0 Å². The molecule has 1 aliphatic carbocycles. The van der Waals surface area contributed by atoms with E-state index in [1.165, 1.54) is 12.8 Å². The number of carbonyl (C=O) groups is 1. The summed E-state index contributed by atoms with van der Waals surface area (Å²) in [6.07, 6.45) is 6.27. The summed E-state index contributed by atoms with van der Waals surface area (Å²) < 4.78 is 0. The zero-order chi connectivity index (χ0) is 13.2. The third kappa shape index (κ3) is 2.40. The molecule has 98 valence electrons. The maximum absolute atomic E-state index is 12.7. The van der Waals surface area contributed by atoms with Crippen LogP contribution >= 0.6 is 0 Å². The van der Waals surface area contributed by atoms with Crippen molar-refractivity contribution in [1.82, 2.24) is 4.98 Å². The normalized spacial score (nSPS) is 23.4. The lowest BCUT2D eigenvalue weighted by Crippen LogP contribution is -2.22. The van der Waals surface area contributed by atoms with Gasteiger partial charge in [0.15, 0.2) is 5.78 Å². The highest BCUT2D eigenvalue weighted by Gasteiger charge is 2.26. The van der Waals surface area contributed by atoms with Crippen molar-refractivity contribution in [1.29, 1.82) is 0 Å². The molecule has 2 atom stereocenters. The minimum absolute atomic E-state index is 0.191. The highest BCUT2D eigenvalue weighted by Crippen LogP contribution is 2.32. The first-order valence-electron chi connectivity index (χ1n) is 7.13. The molecule has 1 aliphatic rings. The maximum Gasteiger partial charge on any atom is 0.168 e. The number of benzene rings is 1. The lowest BCUT2D eigenvalue weighted by molar-refractivity contribution is 0.0870. The van der Waals surface area contributed by atoms with E-state index >= 15 is 0 Å². The van der Waals surface area contributed by atoms with Gasteiger partial charge in [0.2, 0.25) is 0 Å². The summed E-state index contributed by atoms with van der Waals surface area (Å²) in [5.74, 6) is 1.15. The Kier molecular flexibility index (Phi) is 3.33. The summed E-state index contributed by atoms with van der Waals surface area (Å²) in [7, 11) is 0. The number of Topliss-reactive ketones (excluding diaryl/α,β-unsaturated/α-hetero) is 1. The van der Waals surface area contributed by atoms with Gasteiger partial charge in [0.25, 0.3) is 0 Å². The van der Waals surface area contributed by atoms with Gasteiger partial charge in [0.05, 0.1) is 5.52 Å². The van der Waals surface area contributed by atoms with Crippen molar-refractivity contribution in [2.24, 2.45) is 11.8 Å². The number of para-hydroxylation sites is 1. The van der Waals surface area contributed by atoms with E-state index in [9.17, 15) is 4.79 Å². The molecule has 0 saturated heterocycles. The van der Waals surface area contributed by atoms with Crippen LogP contribution in [0, 0.1) is 11.8 Å². The SMILES string of the molecule is CC1CCCC(C(=O)c2cccc3cccnc23)C1. The Morgan fingerprint density at radius 1 is 1.21 bits per heavy atom. The molecule has 3 rings (SSSR count). The second kappa shape index (κ2) is 5.12. The quantitative estimate of drug-likeness (QED) is 0.749. The average molecular weight is 253 g/mol. The molecule has 2 unspecified atom stereocenters. The maximum atomic E-state index is 12.7. The number of aromatic nitrogens is 1. The standard InChI is InChI=1S/C17H19NO/c1-12-5-2-7-14(11-12)17(19)15-9-3-6-13-8-4-10-18-16(13)15/h3-4,6,8-10,12,14H,2,5,7,11H2,1H3. The molecule has 0 bridgehead atoms. The van der Waals surface area contributed by atoms with E-state index in [-0.39, 0.29) is 11.7 Å². The van der Waals surface area contributed by atoms with E-state index in [1.54, 1.807) is 6.20 Å². The van der Waals surface area contributed by atoms with Crippen molar-refractivity contribution in [2.75, 3.05) is 0 Å². The monoisotopic (exact) mass is 253 g/mol. The van der Waals surface area contributed by atoms with Crippen LogP contribution < -0.4 is 0 Å². The summed E-state index contributed by atoms with van der Waals surface area (Å²) in [6.45, 7) is 2.25. The van der Waals surface area contributed by atoms with Crippen LogP contribution in [-0.4, -0.2) is 10.8 Å². The van der Waals surface area contributed by atoms with Crippen molar-refractivity contribution in [3.8, 4) is 0 Å². The van der Waals surface area contributed by atoms with Gasteiger partial charge in [-0.05, 0) is 30.9 Å². The number of rotatable bonds is 2. The molecule has 2 aromatic rings. The Morgan fingerprint density at radius 3 is 2.89 bits per heavy atom. The van der Waals surface area contributed by atoms with Crippen LogP contribution in [0.5, 0.6) is 0 Å². The van der Waals surface area contributed by atoms with Gasteiger partial charge in [-0.3, -0.25) is 9.78 Å². The van der Waals surface area contributed by atoms with Gasteiger partial charge in [0, 0.05) is 23.1 Å². The Hall–Kier alpha value is -1.70. The molecule has 1 fully saturated rings. The Labute approximate surface area is 113 Å². The number of carbonyl (C=O) groups excluding carboxylic acids is 1. The van der Waals surface area contributed by atoms with Crippen molar-refractivity contribution in [3.63, 3.8) is 0 Å². The van der Waals surface area contributed by atoms with Crippen molar-refractivity contribution in [2.45, 2.75) is 32.6 Å². The van der Waals surface area contributed by atoms with E-state index in [0.717, 1.165) is 29.3 Å². The fraction of sp³-hybridized carbons (Fsp3) is 0.412. The fourth-order valence-electron chi connectivity index (χ4n) is 3.20. The number of fused-ring (bicyclic) bond motifs is 1. The summed E-state index contributed by atoms with van der Waals surface area (Å²) in [5.41, 5.74) is 1.66. The lowest BCUT2D eigenvalue weighted by atomic mass is 9.78. The molecule has 0 aliphatic heterocycles. The number of nitrogens with zero attached hydrogens (tertiary/aromatic N) is 1. The van der Waals surface area contributed by atoms with Crippen LogP contribution in [0.15, 0.2) is 36.5 Å². The van der Waals surface area contributed by atoms with E-state index in [1.807, 2.05) is 30.3 Å². The van der Waals surface area contributed by atoms with E-state index in [2.05, 4.69) is 11.9 Å². The molecule has 1 aromatic carbocycles. The van der Waals surface area contributed by atoms with Crippen LogP contribution in [0.1, 0.15) is 43.0 Å². The molecule has 0 amide bonds. The largest absolute Gasteiger partial charge is 0.294 e. The molecule has 0 spiro atoms. The molecule has 1 saturated carbocycles. The molecule has 2 nitrogen and oxygen atoms in total. The number of hydrogen-bond donors (Lipinski definition) is 0.